The zero-order valence-electron chi connectivity index (χ0n) is 18.6. The quantitative estimate of drug-likeness (QED) is 0.490. The first-order chi connectivity index (χ1) is 15.1. The minimum Gasteiger partial charge on any atom is -0.493 e. The van der Waals surface area contributed by atoms with Gasteiger partial charge >= 0.3 is 0 Å². The highest BCUT2D eigenvalue weighted by atomic mass is 32.2. The van der Waals surface area contributed by atoms with E-state index in [0.717, 1.165) is 65.8 Å². The molecule has 1 saturated heterocycles. The van der Waals surface area contributed by atoms with Gasteiger partial charge in [-0.3, -0.25) is 4.90 Å². The van der Waals surface area contributed by atoms with Crippen LogP contribution in [0.2, 0.25) is 0 Å². The van der Waals surface area contributed by atoms with Crippen LogP contribution in [0.5, 0.6) is 23.0 Å². The maximum Gasteiger partial charge on any atom is 0.160 e. The Morgan fingerprint density at radius 2 is 1.29 bits per heavy atom. The molecule has 0 radical (unpaired) electrons. The molecule has 6 nitrogen and oxygen atoms in total. The van der Waals surface area contributed by atoms with Crippen molar-refractivity contribution in [1.29, 1.82) is 0 Å². The molecule has 0 aliphatic carbocycles. The minimum absolute atomic E-state index is 0.747. The van der Waals surface area contributed by atoms with E-state index in [-0.39, 0.29) is 0 Å². The van der Waals surface area contributed by atoms with Gasteiger partial charge in [0, 0.05) is 13.1 Å². The van der Waals surface area contributed by atoms with E-state index >= 15 is 0 Å². The van der Waals surface area contributed by atoms with Gasteiger partial charge in [-0.15, -0.1) is 0 Å². The fourth-order valence-corrected chi connectivity index (χ4v) is 4.64. The summed E-state index contributed by atoms with van der Waals surface area (Å²) in [5.74, 6) is 3.94. The highest BCUT2D eigenvalue weighted by Gasteiger charge is 2.21. The van der Waals surface area contributed by atoms with Crippen LogP contribution in [0.1, 0.15) is 11.1 Å². The van der Waals surface area contributed by atoms with Crippen molar-refractivity contribution in [3.05, 3.63) is 47.5 Å². The lowest BCUT2D eigenvalue weighted by Gasteiger charge is -2.36. The number of benzene rings is 2. The Morgan fingerprint density at radius 3 is 1.81 bits per heavy atom. The van der Waals surface area contributed by atoms with Crippen molar-refractivity contribution in [3.63, 3.8) is 0 Å². The maximum absolute atomic E-state index is 5.61. The molecule has 0 N–H and O–H groups in total. The monoisotopic (exact) mass is 462 g/mol. The van der Waals surface area contributed by atoms with Crippen LogP contribution in [0.3, 0.4) is 0 Å². The average molecular weight is 463 g/mol. The van der Waals surface area contributed by atoms with Gasteiger partial charge in [0.25, 0.3) is 0 Å². The summed E-state index contributed by atoms with van der Waals surface area (Å²) in [4.78, 5) is 4.70. The van der Waals surface area contributed by atoms with Crippen molar-refractivity contribution < 1.29 is 18.9 Å². The van der Waals surface area contributed by atoms with Gasteiger partial charge in [-0.05, 0) is 48.2 Å². The molecule has 0 aromatic heterocycles. The van der Waals surface area contributed by atoms with E-state index in [2.05, 4.69) is 28.0 Å². The number of hydrogen-bond acceptors (Lipinski definition) is 7. The molecule has 168 valence electrons. The van der Waals surface area contributed by atoms with Gasteiger partial charge in [-0.25, -0.2) is 0 Å². The molecule has 0 amide bonds. The molecule has 2 aromatic carbocycles. The summed E-state index contributed by atoms with van der Waals surface area (Å²) >= 11 is 7.33. The summed E-state index contributed by atoms with van der Waals surface area (Å²) < 4.78 is 22.5. The standard InChI is InChI=1S/C23H30N2O4S2/c1-26-19-7-5-17(13-21(19)28-3)9-11-24-15-25(23(30)31-16-24)12-10-18-6-8-20(27-2)22(14-18)29-4/h5-8,13-14H,9-12,15-16H2,1-4H3. The van der Waals surface area contributed by atoms with Gasteiger partial charge in [-0.1, -0.05) is 36.1 Å². The number of methoxy groups -OCH3 is 4. The van der Waals surface area contributed by atoms with Gasteiger partial charge < -0.3 is 23.8 Å². The topological polar surface area (TPSA) is 43.4 Å². The summed E-state index contributed by atoms with van der Waals surface area (Å²) in [7, 11) is 6.63. The van der Waals surface area contributed by atoms with Gasteiger partial charge in [-0.2, -0.15) is 0 Å². The highest BCUT2D eigenvalue weighted by molar-refractivity contribution is 8.22. The number of rotatable bonds is 10. The molecule has 1 aliphatic heterocycles. The minimum atomic E-state index is 0.747. The second kappa shape index (κ2) is 11.5. The van der Waals surface area contributed by atoms with Gasteiger partial charge in [0.15, 0.2) is 23.0 Å². The summed E-state index contributed by atoms with van der Waals surface area (Å²) in [6, 6.07) is 12.2. The third-order valence-corrected chi connectivity index (χ3v) is 6.89. The zero-order chi connectivity index (χ0) is 22.2. The molecule has 1 heterocycles. The van der Waals surface area contributed by atoms with Crippen LogP contribution >= 0.6 is 24.0 Å². The number of thioether (sulfide) groups is 1. The third kappa shape index (κ3) is 6.18. The van der Waals surface area contributed by atoms with Crippen LogP contribution in [0, 0.1) is 0 Å². The Morgan fingerprint density at radius 1 is 0.774 bits per heavy atom. The Labute approximate surface area is 194 Å². The van der Waals surface area contributed by atoms with Crippen molar-refractivity contribution >= 4 is 28.3 Å². The van der Waals surface area contributed by atoms with Crippen molar-refractivity contribution in [3.8, 4) is 23.0 Å². The average Bonchev–Trinajstić information content (AvgIpc) is 2.82. The molecular formula is C23H30N2O4S2. The highest BCUT2D eigenvalue weighted by Crippen LogP contribution is 2.29. The summed E-state index contributed by atoms with van der Waals surface area (Å²) in [6.45, 7) is 2.67. The summed E-state index contributed by atoms with van der Waals surface area (Å²) in [5, 5.41) is 0. The predicted octanol–water partition coefficient (Wildman–Crippen LogP) is 4.06. The first-order valence-electron chi connectivity index (χ1n) is 10.1. The molecule has 3 rings (SSSR count). The van der Waals surface area contributed by atoms with Crippen molar-refractivity contribution in [2.75, 3.05) is 54.1 Å². The molecule has 2 aromatic rings. The molecule has 0 saturated carbocycles. The first kappa shape index (κ1) is 23.5. The largest absolute Gasteiger partial charge is 0.493 e. The fraction of sp³-hybridized carbons (Fsp3) is 0.435. The van der Waals surface area contributed by atoms with Crippen LogP contribution in [0.4, 0.5) is 0 Å². The Kier molecular flexibility index (Phi) is 8.69. The van der Waals surface area contributed by atoms with Crippen molar-refractivity contribution in [1.82, 2.24) is 9.80 Å². The first-order valence-corrected chi connectivity index (χ1v) is 11.5. The van der Waals surface area contributed by atoms with Crippen LogP contribution in [0.25, 0.3) is 0 Å². The number of thiocarbonyl (C=S) groups is 1. The molecule has 0 unspecified atom stereocenters. The number of nitrogens with zero attached hydrogens (tertiary/aromatic N) is 2. The lowest BCUT2D eigenvalue weighted by atomic mass is 10.1. The van der Waals surface area contributed by atoms with Crippen LogP contribution in [0.15, 0.2) is 36.4 Å². The van der Waals surface area contributed by atoms with Gasteiger partial charge in [0.05, 0.1) is 41.0 Å². The number of hydrogen-bond donors (Lipinski definition) is 0. The van der Waals surface area contributed by atoms with Gasteiger partial charge in [0.1, 0.15) is 4.32 Å². The summed E-state index contributed by atoms with van der Waals surface area (Å²) in [6.07, 6.45) is 1.84. The molecule has 0 spiro atoms. The molecule has 1 aliphatic rings. The third-order valence-electron chi connectivity index (χ3n) is 5.28. The maximum atomic E-state index is 5.61. The second-order valence-electron chi connectivity index (χ2n) is 7.22. The molecule has 0 atom stereocenters. The fourth-order valence-electron chi connectivity index (χ4n) is 3.50. The Bertz CT molecular complexity index is 894. The zero-order valence-corrected chi connectivity index (χ0v) is 20.2. The molecule has 1 fully saturated rings. The van der Waals surface area contributed by atoms with Crippen LogP contribution in [-0.4, -0.2) is 68.2 Å². The second-order valence-corrected chi connectivity index (χ2v) is 8.80. The Hall–Kier alpha value is -2.16. The van der Waals surface area contributed by atoms with Crippen molar-refractivity contribution in [2.45, 2.75) is 12.8 Å². The Balaban J connectivity index is 1.55. The lowest BCUT2D eigenvalue weighted by molar-refractivity contribution is 0.215. The van der Waals surface area contributed by atoms with E-state index in [0.29, 0.717) is 0 Å². The van der Waals surface area contributed by atoms with E-state index in [1.165, 1.54) is 11.1 Å². The molecule has 8 heteroatoms. The van der Waals surface area contributed by atoms with E-state index in [1.807, 2.05) is 18.2 Å². The van der Waals surface area contributed by atoms with Crippen LogP contribution < -0.4 is 18.9 Å². The lowest BCUT2D eigenvalue weighted by Crippen LogP contribution is -2.46. The molecular weight excluding hydrogens is 432 g/mol. The normalized spacial score (nSPS) is 14.5. The van der Waals surface area contributed by atoms with E-state index < -0.39 is 0 Å². The molecule has 31 heavy (non-hydrogen) atoms. The van der Waals surface area contributed by atoms with E-state index in [4.69, 9.17) is 31.2 Å². The molecule has 0 bridgehead atoms. The predicted molar refractivity (Wildman–Crippen MR) is 130 cm³/mol. The SMILES string of the molecule is COc1ccc(CCN2CSC(=S)N(CCc3ccc(OC)c(OC)c3)C2)cc1OC. The van der Waals surface area contributed by atoms with Crippen LogP contribution in [-0.2, 0) is 12.8 Å². The van der Waals surface area contributed by atoms with Gasteiger partial charge in [0.2, 0.25) is 0 Å². The smallest absolute Gasteiger partial charge is 0.160 e. The van der Waals surface area contributed by atoms with Crippen molar-refractivity contribution in [2.24, 2.45) is 0 Å². The number of ether oxygens (including phenoxy) is 4. The summed E-state index contributed by atoms with van der Waals surface area (Å²) in [5.41, 5.74) is 2.43. The van der Waals surface area contributed by atoms with E-state index in [9.17, 15) is 0 Å². The van der Waals surface area contributed by atoms with E-state index in [1.54, 1.807) is 40.2 Å².